The van der Waals surface area contributed by atoms with Gasteiger partial charge >= 0.3 is 0 Å². The Morgan fingerprint density at radius 1 is 0.850 bits per heavy atom. The van der Waals surface area contributed by atoms with E-state index in [4.69, 9.17) is 18.9 Å². The van der Waals surface area contributed by atoms with Gasteiger partial charge in [0.1, 0.15) is 6.10 Å². The van der Waals surface area contributed by atoms with Crippen LogP contribution >= 0.6 is 0 Å². The van der Waals surface area contributed by atoms with Gasteiger partial charge in [0.25, 0.3) is 0 Å². The van der Waals surface area contributed by atoms with Gasteiger partial charge in [0.05, 0.1) is 6.61 Å². The molecule has 4 rings (SSSR count). The second-order valence-electron chi connectivity index (χ2n) is 4.81. The Hall–Kier alpha value is -2.04. The summed E-state index contributed by atoms with van der Waals surface area (Å²) in [7, 11) is 0. The number of hydrogen-bond acceptors (Lipinski definition) is 4. The summed E-state index contributed by atoms with van der Waals surface area (Å²) in [5.41, 5.74) is 2.09. The van der Waals surface area contributed by atoms with Crippen LogP contribution in [0.3, 0.4) is 0 Å². The number of benzene rings is 2. The zero-order valence-electron chi connectivity index (χ0n) is 10.8. The fourth-order valence-corrected chi connectivity index (χ4v) is 2.48. The smallest absolute Gasteiger partial charge is 0.231 e. The molecule has 102 valence electrons. The summed E-state index contributed by atoms with van der Waals surface area (Å²) >= 11 is 0. The summed E-state index contributed by atoms with van der Waals surface area (Å²) in [4.78, 5) is 0. The molecule has 0 unspecified atom stereocenters. The summed E-state index contributed by atoms with van der Waals surface area (Å²) < 4.78 is 22.4. The third-order valence-electron chi connectivity index (χ3n) is 3.53. The lowest BCUT2D eigenvalue weighted by Gasteiger charge is -2.12. The van der Waals surface area contributed by atoms with E-state index in [1.54, 1.807) is 0 Å². The second-order valence-corrected chi connectivity index (χ2v) is 4.81. The lowest BCUT2D eigenvalue weighted by Crippen LogP contribution is -2.00. The fraction of sp³-hybridized carbons (Fsp3) is 0.250. The molecule has 1 saturated heterocycles. The van der Waals surface area contributed by atoms with E-state index in [-0.39, 0.29) is 19.2 Å². The first-order valence-corrected chi connectivity index (χ1v) is 6.62. The van der Waals surface area contributed by atoms with E-state index in [1.165, 1.54) is 0 Å². The minimum absolute atomic E-state index is 0.0216. The van der Waals surface area contributed by atoms with Crippen molar-refractivity contribution < 1.29 is 18.9 Å². The number of rotatable bonds is 2. The van der Waals surface area contributed by atoms with E-state index in [0.717, 1.165) is 22.6 Å². The first-order valence-electron chi connectivity index (χ1n) is 6.62. The summed E-state index contributed by atoms with van der Waals surface area (Å²) in [6, 6.07) is 15.9. The molecule has 4 heteroatoms. The molecule has 20 heavy (non-hydrogen) atoms. The standard InChI is InChI=1S/C16H14O4/c1-2-4-11(5-3-1)15-9-17-16(20-15)12-6-7-13-14(8-12)19-10-18-13/h1-8,15-16H,9-10H2/t15-,16+/m1/s1. The Labute approximate surface area is 116 Å². The van der Waals surface area contributed by atoms with Crippen molar-refractivity contribution in [2.24, 2.45) is 0 Å². The van der Waals surface area contributed by atoms with Crippen LogP contribution in [-0.4, -0.2) is 13.4 Å². The van der Waals surface area contributed by atoms with Gasteiger partial charge in [-0.25, -0.2) is 0 Å². The van der Waals surface area contributed by atoms with Crippen molar-refractivity contribution >= 4 is 0 Å². The lowest BCUT2D eigenvalue weighted by molar-refractivity contribution is -0.0608. The Morgan fingerprint density at radius 3 is 2.60 bits per heavy atom. The topological polar surface area (TPSA) is 36.9 Å². The molecule has 2 aromatic carbocycles. The minimum atomic E-state index is -0.352. The SMILES string of the molecule is c1ccc([C@H]2CO[C@H](c3ccc4c(c3)OCO4)O2)cc1. The molecule has 0 aliphatic carbocycles. The van der Waals surface area contributed by atoms with Gasteiger partial charge in [-0.2, -0.15) is 0 Å². The molecule has 0 N–H and O–H groups in total. The molecule has 2 aliphatic heterocycles. The van der Waals surface area contributed by atoms with Crippen LogP contribution in [0.1, 0.15) is 23.5 Å². The highest BCUT2D eigenvalue weighted by Gasteiger charge is 2.29. The van der Waals surface area contributed by atoms with E-state index in [2.05, 4.69) is 12.1 Å². The molecule has 0 saturated carbocycles. The highest BCUT2D eigenvalue weighted by Crippen LogP contribution is 2.39. The Bertz CT molecular complexity index is 611. The molecule has 1 fully saturated rings. The molecule has 4 nitrogen and oxygen atoms in total. The molecular formula is C16H14O4. The maximum atomic E-state index is 5.97. The maximum Gasteiger partial charge on any atom is 0.231 e. The molecule has 2 aromatic rings. The van der Waals surface area contributed by atoms with E-state index in [9.17, 15) is 0 Å². The van der Waals surface area contributed by atoms with E-state index in [1.807, 2.05) is 36.4 Å². The average Bonchev–Trinajstić information content (AvgIpc) is 3.16. The van der Waals surface area contributed by atoms with Crippen LogP contribution in [0.25, 0.3) is 0 Å². The largest absolute Gasteiger partial charge is 0.454 e. The van der Waals surface area contributed by atoms with Gasteiger partial charge in [-0.05, 0) is 23.8 Å². The summed E-state index contributed by atoms with van der Waals surface area (Å²) in [6.45, 7) is 0.834. The normalized spacial score (nSPS) is 24.0. The van der Waals surface area contributed by atoms with Crippen LogP contribution < -0.4 is 9.47 Å². The predicted octanol–water partition coefficient (Wildman–Crippen LogP) is 3.20. The van der Waals surface area contributed by atoms with Crippen LogP contribution in [0.4, 0.5) is 0 Å². The van der Waals surface area contributed by atoms with Crippen LogP contribution in [0.2, 0.25) is 0 Å². The molecule has 0 amide bonds. The second kappa shape index (κ2) is 4.81. The number of fused-ring (bicyclic) bond motifs is 1. The minimum Gasteiger partial charge on any atom is -0.454 e. The van der Waals surface area contributed by atoms with Gasteiger partial charge in [-0.15, -0.1) is 0 Å². The zero-order valence-corrected chi connectivity index (χ0v) is 10.8. The van der Waals surface area contributed by atoms with Gasteiger partial charge < -0.3 is 18.9 Å². The maximum absolute atomic E-state index is 5.97. The predicted molar refractivity (Wildman–Crippen MR) is 71.5 cm³/mol. The summed E-state index contributed by atoms with van der Waals surface area (Å²) in [6.07, 6.45) is -0.374. The van der Waals surface area contributed by atoms with Crippen molar-refractivity contribution in [3.8, 4) is 11.5 Å². The highest BCUT2D eigenvalue weighted by molar-refractivity contribution is 5.44. The first kappa shape index (κ1) is 11.8. The third-order valence-corrected chi connectivity index (χ3v) is 3.53. The average molecular weight is 270 g/mol. The van der Waals surface area contributed by atoms with Crippen LogP contribution in [-0.2, 0) is 9.47 Å². The van der Waals surface area contributed by atoms with E-state index in [0.29, 0.717) is 6.61 Å². The van der Waals surface area contributed by atoms with Crippen molar-refractivity contribution in [3.05, 3.63) is 59.7 Å². The van der Waals surface area contributed by atoms with E-state index < -0.39 is 0 Å². The lowest BCUT2D eigenvalue weighted by atomic mass is 10.1. The Kier molecular flexibility index (Phi) is 2.83. The van der Waals surface area contributed by atoms with Gasteiger partial charge in [-0.1, -0.05) is 30.3 Å². The van der Waals surface area contributed by atoms with Crippen LogP contribution in [0.15, 0.2) is 48.5 Å². The first-order chi connectivity index (χ1) is 9.90. The molecule has 0 radical (unpaired) electrons. The number of hydrogen-bond donors (Lipinski definition) is 0. The van der Waals surface area contributed by atoms with Crippen LogP contribution in [0.5, 0.6) is 11.5 Å². The van der Waals surface area contributed by atoms with Gasteiger partial charge in [0.2, 0.25) is 6.79 Å². The molecule has 0 bridgehead atoms. The van der Waals surface area contributed by atoms with Gasteiger partial charge in [0.15, 0.2) is 17.8 Å². The monoisotopic (exact) mass is 270 g/mol. The van der Waals surface area contributed by atoms with Gasteiger partial charge in [0, 0.05) is 5.56 Å². The molecule has 0 aromatic heterocycles. The van der Waals surface area contributed by atoms with Crippen molar-refractivity contribution in [2.75, 3.05) is 13.4 Å². The van der Waals surface area contributed by atoms with Crippen LogP contribution in [0, 0.1) is 0 Å². The Morgan fingerprint density at radius 2 is 1.70 bits per heavy atom. The van der Waals surface area contributed by atoms with Crippen molar-refractivity contribution in [2.45, 2.75) is 12.4 Å². The van der Waals surface area contributed by atoms with Gasteiger partial charge in [-0.3, -0.25) is 0 Å². The zero-order chi connectivity index (χ0) is 13.4. The third kappa shape index (κ3) is 2.03. The quantitative estimate of drug-likeness (QED) is 0.839. The van der Waals surface area contributed by atoms with Crippen molar-refractivity contribution in [3.63, 3.8) is 0 Å². The molecule has 0 spiro atoms. The fourth-order valence-electron chi connectivity index (χ4n) is 2.48. The Balaban J connectivity index is 1.54. The number of ether oxygens (including phenoxy) is 4. The van der Waals surface area contributed by atoms with Crippen molar-refractivity contribution in [1.29, 1.82) is 0 Å². The highest BCUT2D eigenvalue weighted by atomic mass is 16.7. The molecule has 2 atom stereocenters. The molecule has 2 aliphatic rings. The van der Waals surface area contributed by atoms with E-state index >= 15 is 0 Å². The summed E-state index contributed by atoms with van der Waals surface area (Å²) in [5.74, 6) is 1.52. The molecular weight excluding hydrogens is 256 g/mol. The summed E-state index contributed by atoms with van der Waals surface area (Å²) in [5, 5.41) is 0. The van der Waals surface area contributed by atoms with Crippen molar-refractivity contribution in [1.82, 2.24) is 0 Å². The molecule has 2 heterocycles.